The molecule has 0 unspecified atom stereocenters. The molecule has 0 bridgehead atoms. The van der Waals surface area contributed by atoms with Gasteiger partial charge in [-0.05, 0) is 28.8 Å². The van der Waals surface area contributed by atoms with E-state index in [1.165, 1.54) is 16.7 Å². The van der Waals surface area contributed by atoms with E-state index >= 15 is 0 Å². The molecule has 0 aliphatic carbocycles. The maximum atomic E-state index is 5.84. The molecule has 0 N–H and O–H groups in total. The summed E-state index contributed by atoms with van der Waals surface area (Å²) in [5, 5.41) is 0. The van der Waals surface area contributed by atoms with Crippen molar-refractivity contribution < 1.29 is 9.47 Å². The molecule has 0 aromatic heterocycles. The normalized spacial score (nSPS) is 17.8. The number of fused-ring (bicyclic) bond motifs is 1. The lowest BCUT2D eigenvalue weighted by molar-refractivity contribution is 0.0939. The van der Waals surface area contributed by atoms with Crippen molar-refractivity contribution in [2.45, 2.75) is 12.7 Å². The van der Waals surface area contributed by atoms with Crippen LogP contribution in [0.4, 0.5) is 0 Å². The molecule has 0 amide bonds. The fraction of sp³-hybridized carbons (Fsp3) is 0.200. The highest BCUT2D eigenvalue weighted by molar-refractivity contribution is 5.40. The van der Waals surface area contributed by atoms with Crippen LogP contribution in [0.1, 0.15) is 22.8 Å². The first-order valence-corrected chi connectivity index (χ1v) is 5.72. The van der Waals surface area contributed by atoms with E-state index in [2.05, 4.69) is 36.4 Å². The first kappa shape index (κ1) is 10.4. The Bertz CT molecular complexity index is 517. The number of methoxy groups -OCH3 is 1. The van der Waals surface area contributed by atoms with Gasteiger partial charge in [-0.25, -0.2) is 0 Å². The molecule has 2 aromatic rings. The van der Waals surface area contributed by atoms with Gasteiger partial charge in [0.05, 0.1) is 13.7 Å². The summed E-state index contributed by atoms with van der Waals surface area (Å²) in [5.41, 5.74) is 3.74. The zero-order chi connectivity index (χ0) is 11.7. The van der Waals surface area contributed by atoms with Gasteiger partial charge in [-0.1, -0.05) is 36.4 Å². The molecule has 0 saturated carbocycles. The van der Waals surface area contributed by atoms with E-state index < -0.39 is 0 Å². The second kappa shape index (κ2) is 4.22. The average molecular weight is 226 g/mol. The summed E-state index contributed by atoms with van der Waals surface area (Å²) < 4.78 is 11.0. The predicted molar refractivity (Wildman–Crippen MR) is 66.1 cm³/mol. The van der Waals surface area contributed by atoms with Crippen LogP contribution in [-0.2, 0) is 11.3 Å². The third kappa shape index (κ3) is 1.81. The van der Waals surface area contributed by atoms with E-state index in [0.29, 0.717) is 6.61 Å². The molecule has 86 valence electrons. The Kier molecular flexibility index (Phi) is 2.57. The summed E-state index contributed by atoms with van der Waals surface area (Å²) in [6.45, 7) is 0.701. The minimum atomic E-state index is 0.0668. The SMILES string of the molecule is COc1ccc([C@H]2OCc3ccccc32)cc1. The number of benzene rings is 2. The van der Waals surface area contributed by atoms with Crippen LogP contribution in [0.25, 0.3) is 0 Å². The van der Waals surface area contributed by atoms with Gasteiger partial charge in [-0.15, -0.1) is 0 Å². The summed E-state index contributed by atoms with van der Waals surface area (Å²) in [6.07, 6.45) is 0.0668. The molecule has 0 radical (unpaired) electrons. The molecule has 2 nitrogen and oxygen atoms in total. The van der Waals surface area contributed by atoms with Gasteiger partial charge < -0.3 is 9.47 Å². The summed E-state index contributed by atoms with van der Waals surface area (Å²) in [7, 11) is 1.68. The molecule has 17 heavy (non-hydrogen) atoms. The Labute approximate surface area is 101 Å². The van der Waals surface area contributed by atoms with Crippen molar-refractivity contribution in [1.82, 2.24) is 0 Å². The van der Waals surface area contributed by atoms with Crippen LogP contribution in [0, 0.1) is 0 Å². The highest BCUT2D eigenvalue weighted by atomic mass is 16.5. The highest BCUT2D eigenvalue weighted by Gasteiger charge is 2.23. The van der Waals surface area contributed by atoms with Crippen LogP contribution in [0.15, 0.2) is 48.5 Å². The second-order valence-corrected chi connectivity index (χ2v) is 4.16. The molecule has 1 atom stereocenters. The van der Waals surface area contributed by atoms with Crippen LogP contribution in [0.2, 0.25) is 0 Å². The van der Waals surface area contributed by atoms with Crippen LogP contribution in [0.3, 0.4) is 0 Å². The first-order valence-electron chi connectivity index (χ1n) is 5.72. The fourth-order valence-electron chi connectivity index (χ4n) is 2.24. The topological polar surface area (TPSA) is 18.5 Å². The maximum absolute atomic E-state index is 5.84. The van der Waals surface area contributed by atoms with E-state index in [-0.39, 0.29) is 6.10 Å². The lowest BCUT2D eigenvalue weighted by atomic mass is 9.99. The third-order valence-corrected chi connectivity index (χ3v) is 3.16. The van der Waals surface area contributed by atoms with Gasteiger partial charge in [0.1, 0.15) is 11.9 Å². The van der Waals surface area contributed by atoms with Crippen molar-refractivity contribution in [3.05, 3.63) is 65.2 Å². The molecular formula is C15H14O2. The van der Waals surface area contributed by atoms with Crippen molar-refractivity contribution >= 4 is 0 Å². The van der Waals surface area contributed by atoms with Crippen molar-refractivity contribution in [2.24, 2.45) is 0 Å². The smallest absolute Gasteiger partial charge is 0.118 e. The largest absolute Gasteiger partial charge is 0.497 e. The minimum absolute atomic E-state index is 0.0668. The summed E-state index contributed by atoms with van der Waals surface area (Å²) in [6, 6.07) is 16.4. The quantitative estimate of drug-likeness (QED) is 0.782. The van der Waals surface area contributed by atoms with Gasteiger partial charge in [0.15, 0.2) is 0 Å². The van der Waals surface area contributed by atoms with Crippen molar-refractivity contribution in [2.75, 3.05) is 7.11 Å². The van der Waals surface area contributed by atoms with Gasteiger partial charge in [0.25, 0.3) is 0 Å². The zero-order valence-corrected chi connectivity index (χ0v) is 9.72. The number of ether oxygens (including phenoxy) is 2. The predicted octanol–water partition coefficient (Wildman–Crippen LogP) is 3.31. The standard InChI is InChI=1S/C15H14O2/c1-16-13-8-6-11(7-9-13)15-14-5-3-2-4-12(14)10-17-15/h2-9,15H,10H2,1H3/t15-/m1/s1. The van der Waals surface area contributed by atoms with Crippen LogP contribution < -0.4 is 4.74 Å². The summed E-state index contributed by atoms with van der Waals surface area (Å²) in [5.74, 6) is 0.875. The van der Waals surface area contributed by atoms with Crippen molar-refractivity contribution in [1.29, 1.82) is 0 Å². The fourth-order valence-corrected chi connectivity index (χ4v) is 2.24. The molecule has 0 spiro atoms. The van der Waals surface area contributed by atoms with Gasteiger partial charge >= 0.3 is 0 Å². The molecule has 1 aliphatic rings. The van der Waals surface area contributed by atoms with E-state index in [1.54, 1.807) is 7.11 Å². The summed E-state index contributed by atoms with van der Waals surface area (Å²) in [4.78, 5) is 0. The van der Waals surface area contributed by atoms with E-state index in [9.17, 15) is 0 Å². The first-order chi connectivity index (χ1) is 8.38. The lowest BCUT2D eigenvalue weighted by Crippen LogP contribution is -1.98. The number of rotatable bonds is 2. The monoisotopic (exact) mass is 226 g/mol. The third-order valence-electron chi connectivity index (χ3n) is 3.16. The highest BCUT2D eigenvalue weighted by Crippen LogP contribution is 2.35. The van der Waals surface area contributed by atoms with Crippen LogP contribution in [0.5, 0.6) is 5.75 Å². The Morgan fingerprint density at radius 1 is 1.06 bits per heavy atom. The van der Waals surface area contributed by atoms with E-state index in [4.69, 9.17) is 9.47 Å². The molecule has 0 fully saturated rings. The molecule has 1 heterocycles. The van der Waals surface area contributed by atoms with Crippen molar-refractivity contribution in [3.8, 4) is 5.75 Å². The molecule has 1 aliphatic heterocycles. The lowest BCUT2D eigenvalue weighted by Gasteiger charge is -2.12. The van der Waals surface area contributed by atoms with Crippen LogP contribution in [-0.4, -0.2) is 7.11 Å². The van der Waals surface area contributed by atoms with Gasteiger partial charge in [0, 0.05) is 0 Å². The Morgan fingerprint density at radius 3 is 2.59 bits per heavy atom. The maximum Gasteiger partial charge on any atom is 0.118 e. The van der Waals surface area contributed by atoms with Gasteiger partial charge in [0.2, 0.25) is 0 Å². The number of hydrogen-bond donors (Lipinski definition) is 0. The summed E-state index contributed by atoms with van der Waals surface area (Å²) >= 11 is 0. The van der Waals surface area contributed by atoms with Crippen molar-refractivity contribution in [3.63, 3.8) is 0 Å². The zero-order valence-electron chi connectivity index (χ0n) is 9.72. The van der Waals surface area contributed by atoms with Crippen LogP contribution >= 0.6 is 0 Å². The molecule has 2 heteroatoms. The van der Waals surface area contributed by atoms with E-state index in [1.807, 2.05) is 12.1 Å². The Hall–Kier alpha value is -1.80. The Morgan fingerprint density at radius 2 is 1.82 bits per heavy atom. The second-order valence-electron chi connectivity index (χ2n) is 4.16. The molecule has 2 aromatic carbocycles. The molecular weight excluding hydrogens is 212 g/mol. The Balaban J connectivity index is 1.95. The van der Waals surface area contributed by atoms with Gasteiger partial charge in [-0.2, -0.15) is 0 Å². The average Bonchev–Trinajstić information content (AvgIpc) is 2.83. The number of hydrogen-bond acceptors (Lipinski definition) is 2. The van der Waals surface area contributed by atoms with E-state index in [0.717, 1.165) is 5.75 Å². The van der Waals surface area contributed by atoms with Gasteiger partial charge in [-0.3, -0.25) is 0 Å². The minimum Gasteiger partial charge on any atom is -0.497 e. The molecule has 0 saturated heterocycles. The molecule has 3 rings (SSSR count).